The Kier molecular flexibility index (Phi) is 5.13. The minimum atomic E-state index is -0.228. The average molecular weight is 320 g/mol. The molecule has 1 fully saturated rings. The van der Waals surface area contributed by atoms with Gasteiger partial charge in [-0.05, 0) is 19.4 Å². The van der Waals surface area contributed by atoms with E-state index in [-0.39, 0.29) is 17.8 Å². The van der Waals surface area contributed by atoms with Gasteiger partial charge < -0.3 is 14.5 Å². The van der Waals surface area contributed by atoms with Crippen molar-refractivity contribution >= 4 is 11.7 Å². The fourth-order valence-corrected chi connectivity index (χ4v) is 3.27. The first-order chi connectivity index (χ1) is 11.2. The van der Waals surface area contributed by atoms with Crippen molar-refractivity contribution in [3.63, 3.8) is 0 Å². The molecule has 126 valence electrons. The molecule has 1 aliphatic carbocycles. The van der Waals surface area contributed by atoms with Crippen molar-refractivity contribution in [2.75, 3.05) is 32.8 Å². The number of hydrogen-bond acceptors (Lipinski definition) is 5. The van der Waals surface area contributed by atoms with Crippen LogP contribution in [0.25, 0.3) is 0 Å². The SMILES string of the molecule is CCN1CCO[C@@H](CCNC(=O)c2coc3c2C(=O)CCC3)C1. The van der Waals surface area contributed by atoms with E-state index in [1.54, 1.807) is 0 Å². The maximum absolute atomic E-state index is 12.3. The molecule has 1 aromatic heterocycles. The molecule has 3 rings (SSSR count). The summed E-state index contributed by atoms with van der Waals surface area (Å²) in [7, 11) is 0. The highest BCUT2D eigenvalue weighted by atomic mass is 16.5. The Bertz CT molecular complexity index is 581. The van der Waals surface area contributed by atoms with Gasteiger partial charge in [-0.2, -0.15) is 0 Å². The zero-order chi connectivity index (χ0) is 16.2. The number of fused-ring (bicyclic) bond motifs is 1. The predicted molar refractivity (Wildman–Crippen MR) is 84.8 cm³/mol. The predicted octanol–water partition coefficient (Wildman–Crippen LogP) is 1.64. The lowest BCUT2D eigenvalue weighted by Gasteiger charge is -2.32. The molecule has 1 aromatic rings. The van der Waals surface area contributed by atoms with Crippen LogP contribution in [0.15, 0.2) is 10.7 Å². The molecule has 0 spiro atoms. The van der Waals surface area contributed by atoms with Crippen LogP contribution in [-0.2, 0) is 11.2 Å². The topological polar surface area (TPSA) is 71.8 Å². The number of carbonyl (C=O) groups excluding carboxylic acids is 2. The average Bonchev–Trinajstić information content (AvgIpc) is 3.00. The number of amides is 1. The van der Waals surface area contributed by atoms with Crippen LogP contribution >= 0.6 is 0 Å². The van der Waals surface area contributed by atoms with Gasteiger partial charge in [-0.25, -0.2) is 0 Å². The van der Waals surface area contributed by atoms with Gasteiger partial charge in [0, 0.05) is 32.5 Å². The summed E-state index contributed by atoms with van der Waals surface area (Å²) in [4.78, 5) is 26.7. The molecule has 0 radical (unpaired) electrons. The lowest BCUT2D eigenvalue weighted by molar-refractivity contribution is -0.0296. The lowest BCUT2D eigenvalue weighted by Crippen LogP contribution is -2.43. The van der Waals surface area contributed by atoms with Crippen molar-refractivity contribution in [3.8, 4) is 0 Å². The van der Waals surface area contributed by atoms with Crippen molar-refractivity contribution in [1.29, 1.82) is 0 Å². The number of likely N-dealkylation sites (N-methyl/N-ethyl adjacent to an activating group) is 1. The first-order valence-electron chi connectivity index (χ1n) is 8.44. The maximum Gasteiger partial charge on any atom is 0.255 e. The quantitative estimate of drug-likeness (QED) is 0.893. The van der Waals surface area contributed by atoms with Crippen molar-refractivity contribution in [3.05, 3.63) is 23.2 Å². The molecule has 0 unspecified atom stereocenters. The number of ether oxygens (including phenoxy) is 1. The first-order valence-corrected chi connectivity index (χ1v) is 8.44. The summed E-state index contributed by atoms with van der Waals surface area (Å²) in [5.41, 5.74) is 0.865. The highest BCUT2D eigenvalue weighted by Crippen LogP contribution is 2.26. The number of aryl methyl sites for hydroxylation is 1. The second-order valence-corrected chi connectivity index (χ2v) is 6.15. The number of ketones is 1. The van der Waals surface area contributed by atoms with Crippen LogP contribution in [-0.4, -0.2) is 55.5 Å². The maximum atomic E-state index is 12.3. The molecule has 1 atom stereocenters. The van der Waals surface area contributed by atoms with E-state index < -0.39 is 0 Å². The molecule has 23 heavy (non-hydrogen) atoms. The molecule has 1 aliphatic heterocycles. The van der Waals surface area contributed by atoms with Gasteiger partial charge in [0.05, 0.1) is 23.8 Å². The van der Waals surface area contributed by atoms with Gasteiger partial charge in [-0.15, -0.1) is 0 Å². The fourth-order valence-electron chi connectivity index (χ4n) is 3.27. The Morgan fingerprint density at radius 2 is 2.30 bits per heavy atom. The van der Waals surface area contributed by atoms with Crippen LogP contribution in [0.4, 0.5) is 0 Å². The second-order valence-electron chi connectivity index (χ2n) is 6.15. The van der Waals surface area contributed by atoms with Gasteiger partial charge >= 0.3 is 0 Å². The number of rotatable bonds is 5. The third-order valence-electron chi connectivity index (χ3n) is 4.62. The summed E-state index contributed by atoms with van der Waals surface area (Å²) in [6.07, 6.45) is 4.37. The minimum Gasteiger partial charge on any atom is -0.468 e. The second kappa shape index (κ2) is 7.27. The zero-order valence-corrected chi connectivity index (χ0v) is 13.6. The van der Waals surface area contributed by atoms with E-state index in [9.17, 15) is 9.59 Å². The third-order valence-corrected chi connectivity index (χ3v) is 4.62. The third kappa shape index (κ3) is 3.64. The molecule has 6 heteroatoms. The van der Waals surface area contributed by atoms with E-state index in [0.717, 1.165) is 45.5 Å². The highest BCUT2D eigenvalue weighted by molar-refractivity contribution is 6.09. The summed E-state index contributed by atoms with van der Waals surface area (Å²) in [5.74, 6) is 0.438. The molecular formula is C17H24N2O4. The van der Waals surface area contributed by atoms with Crippen LogP contribution in [0.5, 0.6) is 0 Å². The lowest BCUT2D eigenvalue weighted by atomic mass is 9.94. The molecule has 1 amide bonds. The Morgan fingerprint density at radius 3 is 3.13 bits per heavy atom. The summed E-state index contributed by atoms with van der Waals surface area (Å²) in [6.45, 7) is 6.33. The fraction of sp³-hybridized carbons (Fsp3) is 0.647. The Labute approximate surface area is 136 Å². The van der Waals surface area contributed by atoms with E-state index in [0.29, 0.717) is 29.9 Å². The molecule has 0 saturated carbocycles. The van der Waals surface area contributed by atoms with Gasteiger partial charge in [0.2, 0.25) is 0 Å². The highest BCUT2D eigenvalue weighted by Gasteiger charge is 2.28. The van der Waals surface area contributed by atoms with Gasteiger partial charge in [0.25, 0.3) is 5.91 Å². The number of carbonyl (C=O) groups is 2. The van der Waals surface area contributed by atoms with Gasteiger partial charge in [0.15, 0.2) is 5.78 Å². The van der Waals surface area contributed by atoms with Gasteiger partial charge in [0.1, 0.15) is 12.0 Å². The smallest absolute Gasteiger partial charge is 0.255 e. The van der Waals surface area contributed by atoms with Crippen molar-refractivity contribution in [2.24, 2.45) is 0 Å². The van der Waals surface area contributed by atoms with E-state index >= 15 is 0 Å². The largest absolute Gasteiger partial charge is 0.468 e. The van der Waals surface area contributed by atoms with Crippen LogP contribution in [0.2, 0.25) is 0 Å². The minimum absolute atomic E-state index is 0.0133. The monoisotopic (exact) mass is 320 g/mol. The van der Waals surface area contributed by atoms with Crippen LogP contribution in [0.3, 0.4) is 0 Å². The summed E-state index contributed by atoms with van der Waals surface area (Å²) in [6, 6.07) is 0. The van der Waals surface area contributed by atoms with Crippen molar-refractivity contribution in [1.82, 2.24) is 10.2 Å². The Balaban J connectivity index is 1.52. The number of nitrogens with zero attached hydrogens (tertiary/aromatic N) is 1. The molecule has 0 bridgehead atoms. The van der Waals surface area contributed by atoms with E-state index in [1.165, 1.54) is 6.26 Å². The van der Waals surface area contributed by atoms with E-state index in [4.69, 9.17) is 9.15 Å². The number of nitrogens with one attached hydrogen (secondary N) is 1. The van der Waals surface area contributed by atoms with Crippen LogP contribution in [0, 0.1) is 0 Å². The van der Waals surface area contributed by atoms with E-state index in [2.05, 4.69) is 17.1 Å². The molecule has 2 aliphatic rings. The summed E-state index contributed by atoms with van der Waals surface area (Å²) in [5, 5.41) is 2.89. The van der Waals surface area contributed by atoms with Crippen LogP contribution < -0.4 is 5.32 Å². The Hall–Kier alpha value is -1.66. The molecule has 6 nitrogen and oxygen atoms in total. The molecule has 0 aromatic carbocycles. The summed E-state index contributed by atoms with van der Waals surface area (Å²) < 4.78 is 11.1. The first kappa shape index (κ1) is 16.2. The molecule has 1 N–H and O–H groups in total. The van der Waals surface area contributed by atoms with Gasteiger partial charge in [-0.1, -0.05) is 6.92 Å². The number of furan rings is 1. The standard InChI is InChI=1S/C17H24N2O4/c1-2-19-8-9-22-12(10-19)6-7-18-17(21)13-11-23-15-5-3-4-14(20)16(13)15/h11-12H,2-10H2,1H3,(H,18,21)/t12-/m0/s1. The Morgan fingerprint density at radius 1 is 1.43 bits per heavy atom. The number of morpholine rings is 1. The number of Topliss-reactive ketones (excluding diaryl/α,β-unsaturated/α-hetero) is 1. The van der Waals surface area contributed by atoms with Gasteiger partial charge in [-0.3, -0.25) is 14.5 Å². The number of hydrogen-bond donors (Lipinski definition) is 1. The van der Waals surface area contributed by atoms with Crippen LogP contribution in [0.1, 0.15) is 52.7 Å². The zero-order valence-electron chi connectivity index (χ0n) is 13.6. The van der Waals surface area contributed by atoms with E-state index in [1.807, 2.05) is 0 Å². The van der Waals surface area contributed by atoms with Crippen molar-refractivity contribution < 1.29 is 18.7 Å². The summed E-state index contributed by atoms with van der Waals surface area (Å²) >= 11 is 0. The molecule has 2 heterocycles. The van der Waals surface area contributed by atoms with Crippen molar-refractivity contribution in [2.45, 2.75) is 38.7 Å². The normalized spacial score (nSPS) is 22.0. The molecular weight excluding hydrogens is 296 g/mol. The molecule has 1 saturated heterocycles.